The Morgan fingerprint density at radius 1 is 0.926 bits per heavy atom. The van der Waals surface area contributed by atoms with Crippen LogP contribution in [0.5, 0.6) is 0 Å². The molecule has 0 saturated heterocycles. The van der Waals surface area contributed by atoms with Gasteiger partial charge in [0.2, 0.25) is 5.78 Å². The normalized spacial score (nSPS) is 13.7. The van der Waals surface area contributed by atoms with E-state index >= 15 is 0 Å². The molecular weight excluding hydrogens is 342 g/mol. The molecule has 1 unspecified atom stereocenters. The Morgan fingerprint density at radius 3 is 2.19 bits per heavy atom. The van der Waals surface area contributed by atoms with Crippen LogP contribution in [0.2, 0.25) is 0 Å². The van der Waals surface area contributed by atoms with Crippen molar-refractivity contribution in [2.45, 2.75) is 19.9 Å². The molecule has 1 N–H and O–H groups in total. The van der Waals surface area contributed by atoms with Crippen LogP contribution in [-0.4, -0.2) is 17.5 Å². The molecular formula is C22H17NO4. The van der Waals surface area contributed by atoms with Crippen LogP contribution in [0.4, 0.5) is 0 Å². The van der Waals surface area contributed by atoms with E-state index < -0.39 is 5.91 Å². The Balaban J connectivity index is 1.73. The molecule has 0 saturated carbocycles. The Bertz CT molecular complexity index is 1080. The number of rotatable bonds is 3. The van der Waals surface area contributed by atoms with Crippen molar-refractivity contribution in [1.82, 2.24) is 5.32 Å². The molecule has 2 aromatic carbocycles. The van der Waals surface area contributed by atoms with Gasteiger partial charge in [0.15, 0.2) is 11.5 Å². The first-order chi connectivity index (χ1) is 13.0. The second-order valence-corrected chi connectivity index (χ2v) is 6.55. The standard InChI is InChI=1S/C22H17NO4/c1-12(14-8-4-3-5-9-14)23-22(26)17-13(2)27-21-18(17)19(24)15-10-6-7-11-16(15)20(21)25/h3-12H,1-2H3,(H,23,26). The van der Waals surface area contributed by atoms with Crippen LogP contribution < -0.4 is 5.32 Å². The van der Waals surface area contributed by atoms with E-state index in [9.17, 15) is 14.4 Å². The molecule has 3 aromatic rings. The summed E-state index contributed by atoms with van der Waals surface area (Å²) in [5, 5.41) is 2.89. The summed E-state index contributed by atoms with van der Waals surface area (Å²) in [5.74, 6) is -0.983. The zero-order valence-electron chi connectivity index (χ0n) is 14.9. The van der Waals surface area contributed by atoms with Gasteiger partial charge in [0.25, 0.3) is 5.91 Å². The maximum absolute atomic E-state index is 13.0. The first-order valence-electron chi connectivity index (χ1n) is 8.66. The highest BCUT2D eigenvalue weighted by molar-refractivity contribution is 6.30. The van der Waals surface area contributed by atoms with E-state index in [0.717, 1.165) is 5.56 Å². The minimum atomic E-state index is -0.436. The summed E-state index contributed by atoms with van der Waals surface area (Å²) in [5.41, 5.74) is 1.71. The number of nitrogens with one attached hydrogen (secondary N) is 1. The molecule has 1 atom stereocenters. The van der Waals surface area contributed by atoms with Crippen molar-refractivity contribution >= 4 is 17.5 Å². The lowest BCUT2D eigenvalue weighted by Crippen LogP contribution is -2.29. The molecule has 5 nitrogen and oxygen atoms in total. The quantitative estimate of drug-likeness (QED) is 0.603. The predicted octanol–water partition coefficient (Wildman–Crippen LogP) is 3.85. The molecule has 1 aromatic heterocycles. The monoisotopic (exact) mass is 359 g/mol. The van der Waals surface area contributed by atoms with E-state index in [0.29, 0.717) is 11.1 Å². The average Bonchev–Trinajstić information content (AvgIpc) is 3.04. The van der Waals surface area contributed by atoms with E-state index in [1.807, 2.05) is 37.3 Å². The molecule has 4 rings (SSSR count). The number of carbonyl (C=O) groups excluding carboxylic acids is 3. The highest BCUT2D eigenvalue weighted by atomic mass is 16.4. The molecule has 27 heavy (non-hydrogen) atoms. The maximum atomic E-state index is 13.0. The Morgan fingerprint density at radius 2 is 1.52 bits per heavy atom. The number of hydrogen-bond donors (Lipinski definition) is 1. The van der Waals surface area contributed by atoms with E-state index in [-0.39, 0.29) is 40.3 Å². The lowest BCUT2D eigenvalue weighted by molar-refractivity contribution is 0.0927. The lowest BCUT2D eigenvalue weighted by atomic mass is 9.86. The van der Waals surface area contributed by atoms with Gasteiger partial charge < -0.3 is 9.73 Å². The van der Waals surface area contributed by atoms with Gasteiger partial charge in [0.05, 0.1) is 17.2 Å². The maximum Gasteiger partial charge on any atom is 0.256 e. The molecule has 1 aliphatic carbocycles. The number of benzene rings is 2. The van der Waals surface area contributed by atoms with Crippen molar-refractivity contribution in [1.29, 1.82) is 0 Å². The average molecular weight is 359 g/mol. The Labute approximate surface area is 156 Å². The molecule has 1 amide bonds. The third kappa shape index (κ3) is 2.68. The highest BCUT2D eigenvalue weighted by Crippen LogP contribution is 2.33. The lowest BCUT2D eigenvalue weighted by Gasteiger charge is -2.16. The predicted molar refractivity (Wildman–Crippen MR) is 99.1 cm³/mol. The van der Waals surface area contributed by atoms with E-state index in [1.54, 1.807) is 31.2 Å². The topological polar surface area (TPSA) is 76.4 Å². The van der Waals surface area contributed by atoms with Gasteiger partial charge >= 0.3 is 0 Å². The van der Waals surface area contributed by atoms with Crippen molar-refractivity contribution in [2.24, 2.45) is 0 Å². The van der Waals surface area contributed by atoms with Crippen molar-refractivity contribution in [2.75, 3.05) is 0 Å². The van der Waals surface area contributed by atoms with Gasteiger partial charge in [-0.1, -0.05) is 54.6 Å². The molecule has 0 aliphatic heterocycles. The third-order valence-electron chi connectivity index (χ3n) is 4.81. The second kappa shape index (κ2) is 6.36. The van der Waals surface area contributed by atoms with Gasteiger partial charge in [-0.15, -0.1) is 0 Å². The second-order valence-electron chi connectivity index (χ2n) is 6.55. The summed E-state index contributed by atoms with van der Waals surface area (Å²) in [6.45, 7) is 3.45. The number of ketones is 2. The first-order valence-corrected chi connectivity index (χ1v) is 8.66. The summed E-state index contributed by atoms with van der Waals surface area (Å²) < 4.78 is 5.55. The zero-order valence-corrected chi connectivity index (χ0v) is 14.9. The van der Waals surface area contributed by atoms with E-state index in [2.05, 4.69) is 5.32 Å². The van der Waals surface area contributed by atoms with E-state index in [1.165, 1.54) is 0 Å². The van der Waals surface area contributed by atoms with Crippen molar-refractivity contribution in [3.05, 3.63) is 93.9 Å². The van der Waals surface area contributed by atoms with Gasteiger partial charge in [-0.25, -0.2) is 0 Å². The van der Waals surface area contributed by atoms with Gasteiger partial charge in [0.1, 0.15) is 5.76 Å². The van der Waals surface area contributed by atoms with Crippen LogP contribution in [0.3, 0.4) is 0 Å². The fourth-order valence-corrected chi connectivity index (χ4v) is 3.42. The third-order valence-corrected chi connectivity index (χ3v) is 4.81. The number of fused-ring (bicyclic) bond motifs is 2. The fraction of sp³-hybridized carbons (Fsp3) is 0.136. The number of carbonyl (C=O) groups is 3. The Kier molecular flexibility index (Phi) is 4.00. The summed E-state index contributed by atoms with van der Waals surface area (Å²) in [4.78, 5) is 38.6. The van der Waals surface area contributed by atoms with Crippen LogP contribution in [0.1, 0.15) is 66.7 Å². The number of hydrogen-bond acceptors (Lipinski definition) is 4. The van der Waals surface area contributed by atoms with Crippen molar-refractivity contribution < 1.29 is 18.8 Å². The van der Waals surface area contributed by atoms with E-state index in [4.69, 9.17) is 4.42 Å². The number of amides is 1. The van der Waals surface area contributed by atoms with Crippen molar-refractivity contribution in [3.63, 3.8) is 0 Å². The number of furan rings is 1. The van der Waals surface area contributed by atoms with Gasteiger partial charge in [-0.2, -0.15) is 0 Å². The van der Waals surface area contributed by atoms with Gasteiger partial charge in [-0.3, -0.25) is 14.4 Å². The summed E-state index contributed by atoms with van der Waals surface area (Å²) in [7, 11) is 0. The van der Waals surface area contributed by atoms with Gasteiger partial charge in [0, 0.05) is 11.1 Å². The SMILES string of the molecule is Cc1oc2c(c1C(=O)NC(C)c1ccccc1)C(=O)c1ccccc1C2=O. The van der Waals surface area contributed by atoms with Crippen LogP contribution in [-0.2, 0) is 0 Å². The molecule has 0 bridgehead atoms. The minimum absolute atomic E-state index is 0.0500. The van der Waals surface area contributed by atoms with Crippen LogP contribution in [0, 0.1) is 6.92 Å². The molecule has 0 radical (unpaired) electrons. The fourth-order valence-electron chi connectivity index (χ4n) is 3.42. The Hall–Kier alpha value is -3.47. The van der Waals surface area contributed by atoms with Crippen LogP contribution in [0.25, 0.3) is 0 Å². The van der Waals surface area contributed by atoms with Gasteiger partial charge in [-0.05, 0) is 19.4 Å². The largest absolute Gasteiger partial charge is 0.456 e. The summed E-state index contributed by atoms with van der Waals surface area (Å²) in [6.07, 6.45) is 0. The molecule has 5 heteroatoms. The molecule has 134 valence electrons. The van der Waals surface area contributed by atoms with Crippen LogP contribution in [0.15, 0.2) is 59.0 Å². The summed E-state index contributed by atoms with van der Waals surface area (Å²) in [6, 6.07) is 15.8. The molecule has 0 spiro atoms. The van der Waals surface area contributed by atoms with Crippen molar-refractivity contribution in [3.8, 4) is 0 Å². The first kappa shape index (κ1) is 17.0. The molecule has 0 fully saturated rings. The summed E-state index contributed by atoms with van der Waals surface area (Å²) >= 11 is 0. The molecule has 1 heterocycles. The molecule has 1 aliphatic rings. The van der Waals surface area contributed by atoms with Crippen LogP contribution >= 0.6 is 0 Å². The number of aryl methyl sites for hydroxylation is 1. The smallest absolute Gasteiger partial charge is 0.256 e. The minimum Gasteiger partial charge on any atom is -0.456 e. The zero-order chi connectivity index (χ0) is 19.1. The highest BCUT2D eigenvalue weighted by Gasteiger charge is 2.38.